The molecule has 0 atom stereocenters. The zero-order valence-electron chi connectivity index (χ0n) is 7.32. The summed E-state index contributed by atoms with van der Waals surface area (Å²) < 4.78 is 0. The minimum absolute atomic E-state index is 0.00270. The molecule has 4 N–H and O–H groups in total. The van der Waals surface area contributed by atoms with Gasteiger partial charge in [-0.15, -0.1) is 0 Å². The number of nitrogens with two attached hydrogens (primary N) is 1. The van der Waals surface area contributed by atoms with Crippen molar-refractivity contribution in [2.24, 2.45) is 0 Å². The third kappa shape index (κ3) is 2.72. The van der Waals surface area contributed by atoms with Gasteiger partial charge in [0.1, 0.15) is 12.2 Å². The number of hydrogen-bond acceptors (Lipinski definition) is 3. The van der Waals surface area contributed by atoms with Gasteiger partial charge in [0.05, 0.1) is 5.56 Å². The van der Waals surface area contributed by atoms with Crippen molar-refractivity contribution in [2.45, 2.75) is 6.42 Å². The second-order valence-electron chi connectivity index (χ2n) is 2.65. The second-order valence-corrected chi connectivity index (χ2v) is 2.65. The number of phenolic OH excluding ortho intramolecular Hbond substituents is 1. The number of benzene rings is 1. The molecule has 4 nitrogen and oxygen atoms in total. The summed E-state index contributed by atoms with van der Waals surface area (Å²) in [7, 11) is 0. The van der Waals surface area contributed by atoms with Gasteiger partial charge in [0.15, 0.2) is 0 Å². The number of carboxylic acid groups (broad SMARTS) is 1. The Balaban J connectivity index is 2.88. The topological polar surface area (TPSA) is 83.5 Å². The van der Waals surface area contributed by atoms with Gasteiger partial charge in [-0.1, -0.05) is 11.8 Å². The summed E-state index contributed by atoms with van der Waals surface area (Å²) in [5.74, 6) is 3.93. The fraction of sp³-hybridized carbons (Fsp3) is 0.100. The molecule has 0 saturated heterocycles. The molecule has 0 aliphatic carbocycles. The Labute approximate surface area is 81.0 Å². The van der Waals surface area contributed by atoms with E-state index in [1.807, 2.05) is 0 Å². The van der Waals surface area contributed by atoms with Gasteiger partial charge in [-0.2, -0.15) is 0 Å². The highest BCUT2D eigenvalue weighted by molar-refractivity contribution is 5.70. The first-order valence-corrected chi connectivity index (χ1v) is 3.89. The third-order valence-electron chi connectivity index (χ3n) is 1.48. The SMILES string of the molecule is Nc1ccc(O)c(C#CCC(=O)O)c1. The first-order valence-electron chi connectivity index (χ1n) is 3.89. The van der Waals surface area contributed by atoms with E-state index in [0.29, 0.717) is 11.3 Å². The monoisotopic (exact) mass is 191 g/mol. The molecule has 72 valence electrons. The smallest absolute Gasteiger partial charge is 0.315 e. The van der Waals surface area contributed by atoms with E-state index in [0.717, 1.165) is 0 Å². The predicted molar refractivity (Wildman–Crippen MR) is 51.7 cm³/mol. The normalized spacial score (nSPS) is 8.86. The van der Waals surface area contributed by atoms with E-state index in [-0.39, 0.29) is 12.2 Å². The average molecular weight is 191 g/mol. The van der Waals surface area contributed by atoms with Crippen LogP contribution in [0.25, 0.3) is 0 Å². The minimum Gasteiger partial charge on any atom is -0.507 e. The Morgan fingerprint density at radius 1 is 1.50 bits per heavy atom. The van der Waals surface area contributed by atoms with Gasteiger partial charge in [-0.05, 0) is 18.2 Å². The third-order valence-corrected chi connectivity index (χ3v) is 1.48. The quantitative estimate of drug-likeness (QED) is 0.348. The number of rotatable bonds is 1. The van der Waals surface area contributed by atoms with Gasteiger partial charge in [-0.25, -0.2) is 0 Å². The summed E-state index contributed by atoms with van der Waals surface area (Å²) in [6, 6.07) is 4.45. The summed E-state index contributed by atoms with van der Waals surface area (Å²) in [4.78, 5) is 10.2. The zero-order valence-corrected chi connectivity index (χ0v) is 7.32. The molecule has 1 aromatic rings. The Hall–Kier alpha value is -2.15. The van der Waals surface area contributed by atoms with Crippen LogP contribution < -0.4 is 5.73 Å². The summed E-state index contributed by atoms with van der Waals surface area (Å²) >= 11 is 0. The molecule has 0 aliphatic heterocycles. The van der Waals surface area contributed by atoms with Crippen molar-refractivity contribution < 1.29 is 15.0 Å². The van der Waals surface area contributed by atoms with Crippen LogP contribution in [-0.4, -0.2) is 16.2 Å². The van der Waals surface area contributed by atoms with Gasteiger partial charge in [0.25, 0.3) is 0 Å². The number of hydrogen-bond donors (Lipinski definition) is 3. The molecule has 0 amide bonds. The number of carbonyl (C=O) groups is 1. The molecule has 1 aromatic carbocycles. The molecule has 0 fully saturated rings. The van der Waals surface area contributed by atoms with E-state index < -0.39 is 5.97 Å². The fourth-order valence-corrected chi connectivity index (χ4v) is 0.869. The number of aliphatic carboxylic acids is 1. The lowest BCUT2D eigenvalue weighted by Gasteiger charge is -1.97. The van der Waals surface area contributed by atoms with Crippen LogP contribution in [0.2, 0.25) is 0 Å². The van der Waals surface area contributed by atoms with Crippen molar-refractivity contribution in [3.05, 3.63) is 23.8 Å². The van der Waals surface area contributed by atoms with E-state index in [4.69, 9.17) is 10.8 Å². The van der Waals surface area contributed by atoms with Crippen LogP contribution >= 0.6 is 0 Å². The average Bonchev–Trinajstić information content (AvgIpc) is 2.10. The minimum atomic E-state index is -0.999. The van der Waals surface area contributed by atoms with Crippen molar-refractivity contribution in [1.82, 2.24) is 0 Å². The van der Waals surface area contributed by atoms with Crippen molar-refractivity contribution in [3.63, 3.8) is 0 Å². The van der Waals surface area contributed by atoms with Crippen molar-refractivity contribution in [3.8, 4) is 17.6 Å². The maximum Gasteiger partial charge on any atom is 0.315 e. The molecule has 0 aliphatic rings. The molecule has 0 unspecified atom stereocenters. The number of phenols is 1. The van der Waals surface area contributed by atoms with Crippen molar-refractivity contribution in [2.75, 3.05) is 5.73 Å². The lowest BCUT2D eigenvalue weighted by Crippen LogP contribution is -1.90. The highest BCUT2D eigenvalue weighted by atomic mass is 16.4. The van der Waals surface area contributed by atoms with Crippen LogP contribution in [0.5, 0.6) is 5.75 Å². The molecule has 0 spiro atoms. The number of anilines is 1. The standard InChI is InChI=1S/C10H9NO3/c11-8-4-5-9(12)7(6-8)2-1-3-10(13)14/h4-6,12H,3,11H2,(H,13,14). The maximum atomic E-state index is 10.2. The molecule has 14 heavy (non-hydrogen) atoms. The largest absolute Gasteiger partial charge is 0.507 e. The first kappa shape index (κ1) is 9.93. The van der Waals surface area contributed by atoms with Crippen molar-refractivity contribution in [1.29, 1.82) is 0 Å². The lowest BCUT2D eigenvalue weighted by atomic mass is 10.2. The molecule has 0 aromatic heterocycles. The summed E-state index contributed by atoms with van der Waals surface area (Å²) in [6.45, 7) is 0. The molecule has 4 heteroatoms. The van der Waals surface area contributed by atoms with Crippen LogP contribution in [0, 0.1) is 11.8 Å². The van der Waals surface area contributed by atoms with Crippen molar-refractivity contribution >= 4 is 11.7 Å². The number of nitrogen functional groups attached to an aromatic ring is 1. The van der Waals surface area contributed by atoms with E-state index in [9.17, 15) is 9.90 Å². The zero-order chi connectivity index (χ0) is 10.6. The first-order chi connectivity index (χ1) is 6.59. The molecular weight excluding hydrogens is 182 g/mol. The molecule has 0 bridgehead atoms. The second kappa shape index (κ2) is 4.19. The number of aromatic hydroxyl groups is 1. The molecule has 0 heterocycles. The van der Waals surface area contributed by atoms with Gasteiger partial charge < -0.3 is 15.9 Å². The summed E-state index contributed by atoms with van der Waals surface area (Å²) in [6.07, 6.45) is -0.256. The Morgan fingerprint density at radius 2 is 2.21 bits per heavy atom. The number of carboxylic acids is 1. The van der Waals surface area contributed by atoms with E-state index >= 15 is 0 Å². The van der Waals surface area contributed by atoms with Crippen LogP contribution in [0.15, 0.2) is 18.2 Å². The van der Waals surface area contributed by atoms with Gasteiger partial charge in [0.2, 0.25) is 0 Å². The maximum absolute atomic E-state index is 10.2. The van der Waals surface area contributed by atoms with Gasteiger partial charge >= 0.3 is 5.97 Å². The molecule has 0 saturated carbocycles. The van der Waals surface area contributed by atoms with Gasteiger partial charge in [0, 0.05) is 5.69 Å². The fourth-order valence-electron chi connectivity index (χ4n) is 0.869. The molecule has 0 radical (unpaired) electrons. The Kier molecular flexibility index (Phi) is 2.97. The lowest BCUT2D eigenvalue weighted by molar-refractivity contribution is -0.135. The summed E-state index contributed by atoms with van der Waals surface area (Å²) in [5.41, 5.74) is 6.28. The van der Waals surface area contributed by atoms with E-state index in [2.05, 4.69) is 11.8 Å². The van der Waals surface area contributed by atoms with Crippen LogP contribution in [-0.2, 0) is 4.79 Å². The Bertz CT molecular complexity index is 415. The van der Waals surface area contributed by atoms with Crippen LogP contribution in [0.1, 0.15) is 12.0 Å². The molecular formula is C10H9NO3. The highest BCUT2D eigenvalue weighted by Gasteiger charge is 1.97. The molecule has 1 rings (SSSR count). The van der Waals surface area contributed by atoms with Gasteiger partial charge in [-0.3, -0.25) is 4.79 Å². The van der Waals surface area contributed by atoms with E-state index in [1.165, 1.54) is 18.2 Å². The predicted octanol–water partition coefficient (Wildman–Crippen LogP) is 0.801. The highest BCUT2D eigenvalue weighted by Crippen LogP contribution is 2.18. The summed E-state index contributed by atoms with van der Waals surface area (Å²) in [5, 5.41) is 17.6. The van der Waals surface area contributed by atoms with Crippen LogP contribution in [0.3, 0.4) is 0 Å². The van der Waals surface area contributed by atoms with E-state index in [1.54, 1.807) is 0 Å². The Morgan fingerprint density at radius 3 is 2.86 bits per heavy atom. The van der Waals surface area contributed by atoms with Crippen LogP contribution in [0.4, 0.5) is 5.69 Å².